The van der Waals surface area contributed by atoms with E-state index in [-0.39, 0.29) is 17.3 Å². The third kappa shape index (κ3) is 5.14. The summed E-state index contributed by atoms with van der Waals surface area (Å²) in [6.45, 7) is 0. The van der Waals surface area contributed by atoms with Crippen LogP contribution in [0.25, 0.3) is 0 Å². The Balaban J connectivity index is 2.25. The minimum absolute atomic E-state index is 0.0111. The Morgan fingerprint density at radius 1 is 1.53 bits per heavy atom. The first-order valence-electron chi connectivity index (χ1n) is 5.33. The SMILES string of the molecule is COC(=O)C(N)CSCC(=O)NC(=O)c1ccco1. The maximum absolute atomic E-state index is 11.4. The number of ether oxygens (including phenoxy) is 1. The number of nitrogens with two attached hydrogens (primary N) is 1. The van der Waals surface area contributed by atoms with Gasteiger partial charge in [0.25, 0.3) is 5.91 Å². The number of hydrogen-bond donors (Lipinski definition) is 2. The summed E-state index contributed by atoms with van der Waals surface area (Å²) in [5.74, 6) is -1.33. The van der Waals surface area contributed by atoms with Crippen molar-refractivity contribution in [2.24, 2.45) is 5.73 Å². The van der Waals surface area contributed by atoms with Crippen LogP contribution in [-0.4, -0.2) is 42.4 Å². The van der Waals surface area contributed by atoms with Crippen molar-refractivity contribution in [2.45, 2.75) is 6.04 Å². The highest BCUT2D eigenvalue weighted by Gasteiger charge is 2.16. The van der Waals surface area contributed by atoms with Crippen molar-refractivity contribution in [3.63, 3.8) is 0 Å². The lowest BCUT2D eigenvalue weighted by molar-refractivity contribution is -0.141. The molecular formula is C11H14N2O5S. The number of nitrogens with one attached hydrogen (secondary N) is 1. The molecule has 0 radical (unpaired) electrons. The minimum Gasteiger partial charge on any atom is -0.468 e. The standard InChI is InChI=1S/C11H14N2O5S/c1-17-11(16)7(12)5-19-6-9(14)13-10(15)8-3-2-4-18-8/h2-4,7H,5-6,12H2,1H3,(H,13,14,15). The number of furan rings is 1. The predicted molar refractivity (Wildman–Crippen MR) is 68.5 cm³/mol. The Kier molecular flexibility index (Phi) is 6.10. The highest BCUT2D eigenvalue weighted by atomic mass is 32.2. The van der Waals surface area contributed by atoms with Crippen LogP contribution in [0.2, 0.25) is 0 Å². The molecule has 0 saturated carbocycles. The molecule has 0 aromatic carbocycles. The van der Waals surface area contributed by atoms with Crippen LogP contribution < -0.4 is 11.1 Å². The molecule has 3 N–H and O–H groups in total. The van der Waals surface area contributed by atoms with E-state index >= 15 is 0 Å². The molecule has 104 valence electrons. The highest BCUT2D eigenvalue weighted by molar-refractivity contribution is 8.00. The zero-order valence-electron chi connectivity index (χ0n) is 10.3. The fourth-order valence-electron chi connectivity index (χ4n) is 1.13. The van der Waals surface area contributed by atoms with E-state index in [1.54, 1.807) is 6.07 Å². The second kappa shape index (κ2) is 7.59. The molecule has 1 heterocycles. The van der Waals surface area contributed by atoms with Gasteiger partial charge in [-0.15, -0.1) is 11.8 Å². The summed E-state index contributed by atoms with van der Waals surface area (Å²) in [5, 5.41) is 2.15. The molecule has 1 rings (SSSR count). The third-order valence-electron chi connectivity index (χ3n) is 2.03. The fourth-order valence-corrected chi connectivity index (χ4v) is 1.90. The Hall–Kier alpha value is -1.80. The molecule has 0 aliphatic heterocycles. The van der Waals surface area contributed by atoms with Crippen molar-refractivity contribution in [2.75, 3.05) is 18.6 Å². The van der Waals surface area contributed by atoms with Gasteiger partial charge in [-0.25, -0.2) is 0 Å². The molecule has 8 heteroatoms. The smallest absolute Gasteiger partial charge is 0.323 e. The van der Waals surface area contributed by atoms with Gasteiger partial charge in [0, 0.05) is 5.75 Å². The van der Waals surface area contributed by atoms with Crippen LogP contribution in [0.3, 0.4) is 0 Å². The summed E-state index contributed by atoms with van der Waals surface area (Å²) in [5.41, 5.74) is 5.48. The molecular weight excluding hydrogens is 272 g/mol. The molecule has 19 heavy (non-hydrogen) atoms. The number of carbonyl (C=O) groups is 3. The Morgan fingerprint density at radius 2 is 2.26 bits per heavy atom. The molecule has 1 atom stereocenters. The lowest BCUT2D eigenvalue weighted by Gasteiger charge is -2.08. The molecule has 0 aliphatic carbocycles. The van der Waals surface area contributed by atoms with E-state index in [9.17, 15) is 14.4 Å². The molecule has 7 nitrogen and oxygen atoms in total. The van der Waals surface area contributed by atoms with E-state index < -0.39 is 23.8 Å². The van der Waals surface area contributed by atoms with Gasteiger partial charge in [-0.3, -0.25) is 19.7 Å². The lowest BCUT2D eigenvalue weighted by atomic mass is 10.4. The molecule has 1 aromatic heterocycles. The quantitative estimate of drug-likeness (QED) is 0.695. The number of carbonyl (C=O) groups excluding carboxylic acids is 3. The van der Waals surface area contributed by atoms with E-state index in [1.165, 1.54) is 19.4 Å². The zero-order valence-corrected chi connectivity index (χ0v) is 11.1. The molecule has 2 amide bonds. The summed E-state index contributed by atoms with van der Waals surface area (Å²) >= 11 is 1.13. The van der Waals surface area contributed by atoms with Gasteiger partial charge in [0.05, 0.1) is 19.1 Å². The van der Waals surface area contributed by atoms with Crippen molar-refractivity contribution in [3.8, 4) is 0 Å². The average molecular weight is 286 g/mol. The van der Waals surface area contributed by atoms with Crippen molar-refractivity contribution in [1.82, 2.24) is 5.32 Å². The molecule has 0 saturated heterocycles. The van der Waals surface area contributed by atoms with Crippen LogP contribution in [0.15, 0.2) is 22.8 Å². The first-order valence-corrected chi connectivity index (χ1v) is 6.49. The average Bonchev–Trinajstić information content (AvgIpc) is 2.91. The van der Waals surface area contributed by atoms with Crippen LogP contribution >= 0.6 is 11.8 Å². The number of thioether (sulfide) groups is 1. The molecule has 1 unspecified atom stereocenters. The summed E-state index contributed by atoms with van der Waals surface area (Å²) in [6.07, 6.45) is 1.34. The first-order chi connectivity index (χ1) is 9.04. The summed E-state index contributed by atoms with van der Waals surface area (Å²) in [4.78, 5) is 33.8. The maximum atomic E-state index is 11.4. The number of methoxy groups -OCH3 is 1. The topological polar surface area (TPSA) is 112 Å². The lowest BCUT2D eigenvalue weighted by Crippen LogP contribution is -2.35. The number of amides is 2. The van der Waals surface area contributed by atoms with Crippen molar-refractivity contribution >= 4 is 29.5 Å². The molecule has 0 aliphatic rings. The largest absolute Gasteiger partial charge is 0.468 e. The van der Waals surface area contributed by atoms with Gasteiger partial charge in [-0.1, -0.05) is 0 Å². The molecule has 0 spiro atoms. The molecule has 1 aromatic rings. The van der Waals surface area contributed by atoms with Crippen LogP contribution in [0.5, 0.6) is 0 Å². The zero-order chi connectivity index (χ0) is 14.3. The third-order valence-corrected chi connectivity index (χ3v) is 3.09. The van der Waals surface area contributed by atoms with Gasteiger partial charge in [0.15, 0.2) is 5.76 Å². The van der Waals surface area contributed by atoms with Crippen molar-refractivity contribution < 1.29 is 23.5 Å². The van der Waals surface area contributed by atoms with Crippen molar-refractivity contribution in [1.29, 1.82) is 0 Å². The monoisotopic (exact) mass is 286 g/mol. The second-order valence-corrected chi connectivity index (χ2v) is 4.53. The van der Waals surface area contributed by atoms with E-state index in [2.05, 4.69) is 10.1 Å². The van der Waals surface area contributed by atoms with Crippen LogP contribution in [0.1, 0.15) is 10.6 Å². The Bertz CT molecular complexity index is 446. The summed E-state index contributed by atoms with van der Waals surface area (Å²) in [6, 6.07) is 2.20. The molecule has 0 bridgehead atoms. The predicted octanol–water partition coefficient (Wildman–Crippen LogP) is -0.230. The van der Waals surface area contributed by atoms with Gasteiger partial charge >= 0.3 is 5.97 Å². The van der Waals surface area contributed by atoms with E-state index in [0.717, 1.165) is 11.8 Å². The fraction of sp³-hybridized carbons (Fsp3) is 0.364. The van der Waals surface area contributed by atoms with Crippen LogP contribution in [0, 0.1) is 0 Å². The minimum atomic E-state index is -0.788. The molecule has 0 fully saturated rings. The summed E-state index contributed by atoms with van der Waals surface area (Å²) < 4.78 is 9.27. The second-order valence-electron chi connectivity index (χ2n) is 3.50. The Labute approximate surface area is 113 Å². The van der Waals surface area contributed by atoms with Crippen molar-refractivity contribution in [3.05, 3.63) is 24.2 Å². The van der Waals surface area contributed by atoms with Gasteiger partial charge in [0.2, 0.25) is 5.91 Å². The number of esters is 1. The van der Waals surface area contributed by atoms with Crippen LogP contribution in [-0.2, 0) is 14.3 Å². The van der Waals surface area contributed by atoms with E-state index in [1.807, 2.05) is 0 Å². The maximum Gasteiger partial charge on any atom is 0.323 e. The van der Waals surface area contributed by atoms with Gasteiger partial charge in [-0.2, -0.15) is 0 Å². The van der Waals surface area contributed by atoms with Gasteiger partial charge in [0.1, 0.15) is 6.04 Å². The normalized spacial score (nSPS) is 11.7. The Morgan fingerprint density at radius 3 is 2.84 bits per heavy atom. The van der Waals surface area contributed by atoms with Gasteiger partial charge in [-0.05, 0) is 12.1 Å². The number of hydrogen-bond acceptors (Lipinski definition) is 7. The van der Waals surface area contributed by atoms with E-state index in [4.69, 9.17) is 10.2 Å². The highest BCUT2D eigenvalue weighted by Crippen LogP contribution is 2.03. The van der Waals surface area contributed by atoms with E-state index in [0.29, 0.717) is 0 Å². The number of rotatable bonds is 6. The summed E-state index contributed by atoms with van der Waals surface area (Å²) in [7, 11) is 1.24. The first kappa shape index (κ1) is 15.3. The number of imide groups is 1. The van der Waals surface area contributed by atoms with Crippen LogP contribution in [0.4, 0.5) is 0 Å². The van der Waals surface area contributed by atoms with Gasteiger partial charge < -0.3 is 14.9 Å².